The number of anilines is 1. The number of nitrogens with zero attached hydrogens (tertiary/aromatic N) is 1. The van der Waals surface area contributed by atoms with Gasteiger partial charge in [-0.15, -0.1) is 5.54 Å². The molecule has 0 fully saturated rings. The second kappa shape index (κ2) is 7.17. The standard InChI is InChI=1S/C17H18F2N2O3Si/c1-25(2,3)9-6-11-4-5-12(16(19)15(11)18)20-13-10-14(23)21(7-8-22)17(13)24/h4-5,10,20,22H,7-8H2,1-3H3. The number of benzene rings is 1. The molecule has 132 valence electrons. The molecule has 0 unspecified atom stereocenters. The highest BCUT2D eigenvalue weighted by Gasteiger charge is 2.31. The number of imide groups is 1. The van der Waals surface area contributed by atoms with Gasteiger partial charge in [-0.1, -0.05) is 25.6 Å². The Bertz CT molecular complexity index is 820. The molecule has 25 heavy (non-hydrogen) atoms. The molecule has 1 aliphatic rings. The fourth-order valence-electron chi connectivity index (χ4n) is 2.05. The summed E-state index contributed by atoms with van der Waals surface area (Å²) < 4.78 is 28.4. The Morgan fingerprint density at radius 3 is 2.48 bits per heavy atom. The van der Waals surface area contributed by atoms with Crippen LogP contribution in [0.5, 0.6) is 0 Å². The second-order valence-electron chi connectivity index (χ2n) is 6.49. The SMILES string of the molecule is C[Si](C)(C)C#Cc1ccc(NC2=CC(=O)N(CCO)C2=O)c(F)c1F. The third-order valence-electron chi connectivity index (χ3n) is 3.26. The highest BCUT2D eigenvalue weighted by Crippen LogP contribution is 2.23. The van der Waals surface area contributed by atoms with Crippen LogP contribution in [0.4, 0.5) is 14.5 Å². The number of aliphatic hydroxyl groups is 1. The van der Waals surface area contributed by atoms with Crippen molar-refractivity contribution in [3.63, 3.8) is 0 Å². The summed E-state index contributed by atoms with van der Waals surface area (Å²) in [5.41, 5.74) is 2.44. The zero-order valence-corrected chi connectivity index (χ0v) is 15.1. The molecule has 2 N–H and O–H groups in total. The fourth-order valence-corrected chi connectivity index (χ4v) is 2.56. The van der Waals surface area contributed by atoms with Gasteiger partial charge in [0.15, 0.2) is 11.6 Å². The maximum atomic E-state index is 14.2. The summed E-state index contributed by atoms with van der Waals surface area (Å²) in [5.74, 6) is -0.968. The lowest BCUT2D eigenvalue weighted by Crippen LogP contribution is -2.34. The lowest BCUT2D eigenvalue weighted by Gasteiger charge is -2.14. The largest absolute Gasteiger partial charge is 0.395 e. The van der Waals surface area contributed by atoms with Crippen LogP contribution in [-0.4, -0.2) is 43.0 Å². The minimum atomic E-state index is -1.74. The molecule has 0 spiro atoms. The second-order valence-corrected chi connectivity index (χ2v) is 11.2. The van der Waals surface area contributed by atoms with E-state index >= 15 is 0 Å². The molecule has 8 heteroatoms. The van der Waals surface area contributed by atoms with Gasteiger partial charge in [0.2, 0.25) is 0 Å². The maximum absolute atomic E-state index is 14.2. The first-order valence-corrected chi connectivity index (χ1v) is 11.1. The van der Waals surface area contributed by atoms with Gasteiger partial charge in [-0.05, 0) is 12.1 Å². The number of β-amino-alcohol motifs (C(OH)–C–C–N with tert-alkyl or cyclic N) is 1. The van der Waals surface area contributed by atoms with Gasteiger partial charge in [0, 0.05) is 6.08 Å². The normalized spacial score (nSPS) is 14.3. The summed E-state index contributed by atoms with van der Waals surface area (Å²) in [6.45, 7) is 5.40. The molecule has 0 radical (unpaired) electrons. The van der Waals surface area contributed by atoms with Crippen molar-refractivity contribution in [3.05, 3.63) is 41.1 Å². The Hall–Kier alpha value is -2.50. The van der Waals surface area contributed by atoms with E-state index in [2.05, 4.69) is 16.8 Å². The molecule has 0 saturated heterocycles. The molecule has 0 bridgehead atoms. The Labute approximate surface area is 145 Å². The van der Waals surface area contributed by atoms with Crippen LogP contribution in [0, 0.1) is 23.1 Å². The lowest BCUT2D eigenvalue weighted by atomic mass is 10.2. The molecule has 0 aliphatic carbocycles. The zero-order chi connectivity index (χ0) is 18.8. The van der Waals surface area contributed by atoms with E-state index in [0.717, 1.165) is 11.0 Å². The monoisotopic (exact) mass is 364 g/mol. The molecule has 1 aromatic rings. The van der Waals surface area contributed by atoms with Gasteiger partial charge in [-0.2, -0.15) is 0 Å². The van der Waals surface area contributed by atoms with E-state index in [-0.39, 0.29) is 30.1 Å². The third-order valence-corrected chi connectivity index (χ3v) is 4.13. The lowest BCUT2D eigenvalue weighted by molar-refractivity contribution is -0.137. The first kappa shape index (κ1) is 18.8. The molecule has 1 aromatic carbocycles. The molecule has 0 saturated carbocycles. The van der Waals surface area contributed by atoms with Crippen molar-refractivity contribution in [1.82, 2.24) is 4.90 Å². The summed E-state index contributed by atoms with van der Waals surface area (Å²) in [6.07, 6.45) is 0.980. The minimum absolute atomic E-state index is 0.0600. The van der Waals surface area contributed by atoms with Crippen molar-refractivity contribution in [2.45, 2.75) is 19.6 Å². The summed E-state index contributed by atoms with van der Waals surface area (Å²) in [4.78, 5) is 24.5. The molecule has 5 nitrogen and oxygen atoms in total. The third kappa shape index (κ3) is 4.32. The summed E-state index contributed by atoms with van der Waals surface area (Å²) in [5, 5.41) is 11.3. The topological polar surface area (TPSA) is 69.6 Å². The number of nitrogens with one attached hydrogen (secondary N) is 1. The van der Waals surface area contributed by atoms with E-state index in [1.807, 2.05) is 19.6 Å². The molecular weight excluding hydrogens is 346 g/mol. The highest BCUT2D eigenvalue weighted by atomic mass is 28.3. The number of halogens is 2. The van der Waals surface area contributed by atoms with E-state index in [1.54, 1.807) is 0 Å². The van der Waals surface area contributed by atoms with Gasteiger partial charge in [0.05, 0.1) is 24.4 Å². The average Bonchev–Trinajstić information content (AvgIpc) is 2.78. The Morgan fingerprint density at radius 2 is 1.88 bits per heavy atom. The van der Waals surface area contributed by atoms with E-state index in [1.165, 1.54) is 12.1 Å². The van der Waals surface area contributed by atoms with E-state index in [9.17, 15) is 18.4 Å². The Kier molecular flexibility index (Phi) is 5.40. The Balaban J connectivity index is 2.26. The van der Waals surface area contributed by atoms with Gasteiger partial charge in [0.1, 0.15) is 13.8 Å². The van der Waals surface area contributed by atoms with Crippen molar-refractivity contribution >= 4 is 25.6 Å². The van der Waals surface area contributed by atoms with Crippen LogP contribution in [0.15, 0.2) is 23.9 Å². The van der Waals surface area contributed by atoms with E-state index < -0.39 is 31.5 Å². The summed E-state index contributed by atoms with van der Waals surface area (Å²) in [7, 11) is -1.74. The van der Waals surface area contributed by atoms with Gasteiger partial charge in [-0.3, -0.25) is 14.5 Å². The first-order valence-electron chi connectivity index (χ1n) is 7.60. The predicted octanol–water partition coefficient (Wildman–Crippen LogP) is 1.85. The highest BCUT2D eigenvalue weighted by molar-refractivity contribution is 6.83. The smallest absolute Gasteiger partial charge is 0.277 e. The Morgan fingerprint density at radius 1 is 1.20 bits per heavy atom. The predicted molar refractivity (Wildman–Crippen MR) is 92.1 cm³/mol. The van der Waals surface area contributed by atoms with Crippen LogP contribution < -0.4 is 5.32 Å². The first-order chi connectivity index (χ1) is 11.6. The number of amides is 2. The number of hydrogen-bond acceptors (Lipinski definition) is 4. The van der Waals surface area contributed by atoms with Crippen molar-refractivity contribution in [2.24, 2.45) is 0 Å². The van der Waals surface area contributed by atoms with Crippen molar-refractivity contribution in [1.29, 1.82) is 0 Å². The summed E-state index contributed by atoms with van der Waals surface area (Å²) in [6, 6.07) is 2.58. The van der Waals surface area contributed by atoms with Gasteiger partial charge >= 0.3 is 0 Å². The van der Waals surface area contributed by atoms with Crippen molar-refractivity contribution < 1.29 is 23.5 Å². The molecule has 0 aromatic heterocycles. The minimum Gasteiger partial charge on any atom is -0.395 e. The van der Waals surface area contributed by atoms with E-state index in [0.29, 0.717) is 0 Å². The number of carbonyl (C=O) groups excluding carboxylic acids is 2. The number of rotatable bonds is 4. The van der Waals surface area contributed by atoms with Gasteiger partial charge in [-0.25, -0.2) is 8.78 Å². The van der Waals surface area contributed by atoms with Crippen molar-refractivity contribution in [2.75, 3.05) is 18.5 Å². The van der Waals surface area contributed by atoms with Crippen molar-refractivity contribution in [3.8, 4) is 11.5 Å². The molecule has 2 rings (SSSR count). The number of aliphatic hydroxyl groups excluding tert-OH is 1. The van der Waals surface area contributed by atoms with Gasteiger partial charge in [0.25, 0.3) is 11.8 Å². The van der Waals surface area contributed by atoms with Crippen LogP contribution in [0.2, 0.25) is 19.6 Å². The van der Waals surface area contributed by atoms with Crippen LogP contribution in [-0.2, 0) is 9.59 Å². The van der Waals surface area contributed by atoms with Crippen LogP contribution in [0.3, 0.4) is 0 Å². The van der Waals surface area contributed by atoms with Crippen LogP contribution in [0.25, 0.3) is 0 Å². The average molecular weight is 364 g/mol. The molecular formula is C17H18F2N2O3Si. The van der Waals surface area contributed by atoms with Gasteiger partial charge < -0.3 is 10.4 Å². The quantitative estimate of drug-likeness (QED) is 0.486. The van der Waals surface area contributed by atoms with E-state index in [4.69, 9.17) is 5.11 Å². The molecule has 1 aliphatic heterocycles. The summed E-state index contributed by atoms with van der Waals surface area (Å²) >= 11 is 0. The number of carbonyl (C=O) groups is 2. The molecule has 1 heterocycles. The number of hydrogen-bond donors (Lipinski definition) is 2. The molecule has 0 atom stereocenters. The molecule has 2 amide bonds. The maximum Gasteiger partial charge on any atom is 0.277 e. The zero-order valence-electron chi connectivity index (χ0n) is 14.1. The van der Waals surface area contributed by atoms with Crippen LogP contribution >= 0.6 is 0 Å². The van der Waals surface area contributed by atoms with Crippen LogP contribution in [0.1, 0.15) is 5.56 Å². The fraction of sp³-hybridized carbons (Fsp3) is 0.294.